The van der Waals surface area contributed by atoms with Crippen LogP contribution in [0, 0.1) is 6.07 Å². The Balaban J connectivity index is 1.99. The third kappa shape index (κ3) is 2.56. The predicted octanol–water partition coefficient (Wildman–Crippen LogP) is 0.691. The van der Waals surface area contributed by atoms with E-state index in [9.17, 15) is 0 Å². The van der Waals surface area contributed by atoms with Gasteiger partial charge < -0.3 is 10.6 Å². The minimum Gasteiger partial charge on any atom is -0.312 e. The first-order valence-corrected chi connectivity index (χ1v) is 5.41. The summed E-state index contributed by atoms with van der Waals surface area (Å²) in [6.07, 6.45) is 0.0355. The number of nitrogens with two attached hydrogens (primary N) is 1. The van der Waals surface area contributed by atoms with Gasteiger partial charge in [-0.25, -0.2) is 0 Å². The largest absolute Gasteiger partial charge is 0.312 e. The first-order chi connectivity index (χ1) is 7.27. The molecule has 15 heavy (non-hydrogen) atoms. The van der Waals surface area contributed by atoms with Gasteiger partial charge in [-0.05, 0) is 18.7 Å². The van der Waals surface area contributed by atoms with E-state index < -0.39 is 0 Å². The molecule has 1 aliphatic rings. The van der Waals surface area contributed by atoms with Crippen LogP contribution < -0.4 is 5.73 Å². The van der Waals surface area contributed by atoms with Crippen molar-refractivity contribution in [3.8, 4) is 0 Å². The number of rotatable bonds is 2. The van der Waals surface area contributed by atoms with Crippen LogP contribution in [-0.4, -0.2) is 43.0 Å². The Labute approximate surface area is 91.5 Å². The lowest BCUT2D eigenvalue weighted by molar-refractivity contribution is 0.114. The minimum absolute atomic E-state index is 0.0355. The highest BCUT2D eigenvalue weighted by Crippen LogP contribution is 2.15. The van der Waals surface area contributed by atoms with Crippen molar-refractivity contribution < 1.29 is 0 Å². The summed E-state index contributed by atoms with van der Waals surface area (Å²) in [6.45, 7) is 4.31. The van der Waals surface area contributed by atoms with Gasteiger partial charge in [-0.3, -0.25) is 4.90 Å². The zero-order valence-electron chi connectivity index (χ0n) is 9.19. The lowest BCUT2D eigenvalue weighted by atomic mass is 10.1. The van der Waals surface area contributed by atoms with Crippen LogP contribution in [-0.2, 0) is 0 Å². The molecule has 0 saturated carbocycles. The molecule has 1 aromatic rings. The van der Waals surface area contributed by atoms with Crippen LogP contribution in [0.2, 0.25) is 0 Å². The second-order valence-corrected chi connectivity index (χ2v) is 4.12. The van der Waals surface area contributed by atoms with E-state index in [0.29, 0.717) is 0 Å². The molecule has 81 valence electrons. The van der Waals surface area contributed by atoms with Crippen molar-refractivity contribution in [3.63, 3.8) is 0 Å². The van der Waals surface area contributed by atoms with Crippen molar-refractivity contribution >= 4 is 0 Å². The van der Waals surface area contributed by atoms with Crippen LogP contribution >= 0.6 is 0 Å². The first-order valence-electron chi connectivity index (χ1n) is 5.41. The van der Waals surface area contributed by atoms with Crippen molar-refractivity contribution in [2.75, 3.05) is 33.2 Å². The smallest absolute Gasteiger partial charge is 0.0836 e. The van der Waals surface area contributed by atoms with E-state index in [1.807, 2.05) is 24.3 Å². The number of hydrogen-bond donors (Lipinski definition) is 1. The second kappa shape index (κ2) is 4.75. The van der Waals surface area contributed by atoms with Crippen LogP contribution in [0.5, 0.6) is 0 Å². The average molecular weight is 204 g/mol. The third-order valence-electron chi connectivity index (χ3n) is 3.02. The lowest BCUT2D eigenvalue weighted by Gasteiger charge is -2.36. The van der Waals surface area contributed by atoms with Gasteiger partial charge in [0.2, 0.25) is 0 Å². The van der Waals surface area contributed by atoms with Gasteiger partial charge in [-0.2, -0.15) is 0 Å². The molecule has 2 rings (SSSR count). The van der Waals surface area contributed by atoms with Gasteiger partial charge in [0.25, 0.3) is 0 Å². The van der Waals surface area contributed by atoms with Crippen LogP contribution in [0.15, 0.2) is 24.3 Å². The molecule has 1 heterocycles. The van der Waals surface area contributed by atoms with E-state index in [1.54, 1.807) is 0 Å². The lowest BCUT2D eigenvalue weighted by Crippen LogP contribution is -2.48. The van der Waals surface area contributed by atoms with E-state index in [1.165, 1.54) is 5.56 Å². The fourth-order valence-corrected chi connectivity index (χ4v) is 1.91. The molecule has 1 unspecified atom stereocenters. The Kier molecular flexibility index (Phi) is 3.36. The maximum Gasteiger partial charge on any atom is 0.0836 e. The molecule has 3 nitrogen and oxygen atoms in total. The average Bonchev–Trinajstić information content (AvgIpc) is 2.30. The van der Waals surface area contributed by atoms with Crippen molar-refractivity contribution in [1.82, 2.24) is 9.80 Å². The molecule has 0 amide bonds. The molecule has 0 aliphatic carbocycles. The molecular formula is C12H18N3. The van der Waals surface area contributed by atoms with Crippen molar-refractivity contribution in [2.24, 2.45) is 5.73 Å². The van der Waals surface area contributed by atoms with Gasteiger partial charge in [0.05, 0.1) is 6.17 Å². The molecule has 1 aromatic carbocycles. The highest BCUT2D eigenvalue weighted by atomic mass is 15.3. The molecule has 0 spiro atoms. The van der Waals surface area contributed by atoms with Crippen molar-refractivity contribution in [3.05, 3.63) is 35.9 Å². The quantitative estimate of drug-likeness (QED) is 0.769. The van der Waals surface area contributed by atoms with Gasteiger partial charge in [0.1, 0.15) is 0 Å². The minimum atomic E-state index is 0.0355. The number of benzene rings is 1. The molecule has 0 bridgehead atoms. The molecule has 2 N–H and O–H groups in total. The van der Waals surface area contributed by atoms with E-state index in [0.717, 1.165) is 26.2 Å². The molecule has 1 atom stereocenters. The predicted molar refractivity (Wildman–Crippen MR) is 61.3 cm³/mol. The van der Waals surface area contributed by atoms with Gasteiger partial charge in [-0.15, -0.1) is 0 Å². The number of nitrogens with zero attached hydrogens (tertiary/aromatic N) is 2. The third-order valence-corrected chi connectivity index (χ3v) is 3.02. The van der Waals surface area contributed by atoms with Gasteiger partial charge in [0.15, 0.2) is 0 Å². The summed E-state index contributed by atoms with van der Waals surface area (Å²) in [5.74, 6) is 0. The summed E-state index contributed by atoms with van der Waals surface area (Å²) >= 11 is 0. The molecule has 1 aliphatic heterocycles. The van der Waals surface area contributed by atoms with Gasteiger partial charge in [0, 0.05) is 26.2 Å². The van der Waals surface area contributed by atoms with E-state index in [2.05, 4.69) is 22.9 Å². The molecule has 1 radical (unpaired) electrons. The maximum atomic E-state index is 6.21. The normalized spacial score (nSPS) is 21.5. The summed E-state index contributed by atoms with van der Waals surface area (Å²) in [5, 5.41) is 0. The summed E-state index contributed by atoms with van der Waals surface area (Å²) in [7, 11) is 2.15. The van der Waals surface area contributed by atoms with Crippen LogP contribution in [0.25, 0.3) is 0 Å². The van der Waals surface area contributed by atoms with Crippen LogP contribution in [0.3, 0.4) is 0 Å². The topological polar surface area (TPSA) is 32.5 Å². The Morgan fingerprint density at radius 1 is 1.20 bits per heavy atom. The summed E-state index contributed by atoms with van der Waals surface area (Å²) in [4.78, 5) is 4.66. The molecular weight excluding hydrogens is 186 g/mol. The number of hydrogen-bond acceptors (Lipinski definition) is 3. The highest BCUT2D eigenvalue weighted by Gasteiger charge is 2.20. The van der Waals surface area contributed by atoms with Crippen LogP contribution in [0.4, 0.5) is 0 Å². The highest BCUT2D eigenvalue weighted by molar-refractivity contribution is 5.17. The fourth-order valence-electron chi connectivity index (χ4n) is 1.91. The second-order valence-electron chi connectivity index (χ2n) is 4.12. The van der Waals surface area contributed by atoms with Gasteiger partial charge >= 0.3 is 0 Å². The monoisotopic (exact) mass is 204 g/mol. The molecule has 1 fully saturated rings. The van der Waals surface area contributed by atoms with Crippen molar-refractivity contribution in [2.45, 2.75) is 6.17 Å². The standard InChI is InChI=1S/C12H18N3/c1-14-7-9-15(10-8-14)12(13)11-5-3-2-4-6-11/h3-6,12H,7-10,13H2,1H3. The Hall–Kier alpha value is -0.900. The fraction of sp³-hybridized carbons (Fsp3) is 0.500. The molecule has 0 aromatic heterocycles. The van der Waals surface area contributed by atoms with Crippen molar-refractivity contribution in [1.29, 1.82) is 0 Å². The molecule has 1 saturated heterocycles. The van der Waals surface area contributed by atoms with Gasteiger partial charge in [-0.1, -0.05) is 24.3 Å². The Bertz CT molecular complexity index is 291. The Morgan fingerprint density at radius 3 is 2.40 bits per heavy atom. The summed E-state index contributed by atoms with van der Waals surface area (Å²) in [5.41, 5.74) is 7.39. The molecule has 3 heteroatoms. The van der Waals surface area contributed by atoms with E-state index >= 15 is 0 Å². The number of piperazine rings is 1. The van der Waals surface area contributed by atoms with E-state index in [4.69, 9.17) is 5.73 Å². The maximum absolute atomic E-state index is 6.21. The zero-order valence-corrected chi connectivity index (χ0v) is 9.19. The first kappa shape index (κ1) is 10.6. The van der Waals surface area contributed by atoms with E-state index in [-0.39, 0.29) is 6.17 Å². The number of likely N-dealkylation sites (N-methyl/N-ethyl adjacent to an activating group) is 1. The summed E-state index contributed by atoms with van der Waals surface area (Å²) in [6, 6.07) is 10.9. The SMILES string of the molecule is CN1CCN(C(N)c2cc[c]cc2)CC1. The zero-order chi connectivity index (χ0) is 10.7. The Morgan fingerprint density at radius 2 is 1.80 bits per heavy atom. The van der Waals surface area contributed by atoms with Crippen LogP contribution in [0.1, 0.15) is 11.7 Å². The summed E-state index contributed by atoms with van der Waals surface area (Å²) < 4.78 is 0.